The van der Waals surface area contributed by atoms with Gasteiger partial charge in [-0.3, -0.25) is 9.36 Å². The third kappa shape index (κ3) is 2.80. The SMILES string of the molecule is CCOC(=O)c1noc2ncn(Cc3cc(C)ccc3C)c(=O)c12. The highest BCUT2D eigenvalue weighted by Crippen LogP contribution is 2.15. The van der Waals surface area contributed by atoms with Crippen LogP contribution >= 0.6 is 0 Å². The van der Waals surface area contributed by atoms with Crippen LogP contribution in [0.1, 0.15) is 34.1 Å². The highest BCUT2D eigenvalue weighted by Gasteiger charge is 2.22. The summed E-state index contributed by atoms with van der Waals surface area (Å²) in [5, 5.41) is 3.67. The fourth-order valence-electron chi connectivity index (χ4n) is 2.49. The first-order chi connectivity index (χ1) is 11.5. The minimum Gasteiger partial charge on any atom is -0.461 e. The van der Waals surface area contributed by atoms with Gasteiger partial charge in [0.05, 0.1) is 13.2 Å². The van der Waals surface area contributed by atoms with Gasteiger partial charge < -0.3 is 9.26 Å². The molecule has 0 bridgehead atoms. The van der Waals surface area contributed by atoms with Crippen molar-refractivity contribution in [2.75, 3.05) is 6.61 Å². The van der Waals surface area contributed by atoms with Gasteiger partial charge in [-0.05, 0) is 31.9 Å². The third-order valence-corrected chi connectivity index (χ3v) is 3.78. The molecule has 2 heterocycles. The van der Waals surface area contributed by atoms with Crippen LogP contribution in [0.25, 0.3) is 11.1 Å². The number of carbonyl (C=O) groups excluding carboxylic acids is 1. The van der Waals surface area contributed by atoms with Gasteiger partial charge in [0.15, 0.2) is 0 Å². The fourth-order valence-corrected chi connectivity index (χ4v) is 2.49. The summed E-state index contributed by atoms with van der Waals surface area (Å²) >= 11 is 0. The van der Waals surface area contributed by atoms with E-state index in [0.717, 1.165) is 16.7 Å². The van der Waals surface area contributed by atoms with E-state index in [-0.39, 0.29) is 29.0 Å². The van der Waals surface area contributed by atoms with Crippen LogP contribution in [0.3, 0.4) is 0 Å². The molecule has 24 heavy (non-hydrogen) atoms. The Kier molecular flexibility index (Phi) is 4.16. The lowest BCUT2D eigenvalue weighted by atomic mass is 10.1. The van der Waals surface area contributed by atoms with Crippen molar-refractivity contribution in [3.8, 4) is 0 Å². The highest BCUT2D eigenvalue weighted by atomic mass is 16.5. The average Bonchev–Trinajstić information content (AvgIpc) is 2.98. The Morgan fingerprint density at radius 1 is 1.33 bits per heavy atom. The Morgan fingerprint density at radius 2 is 2.12 bits per heavy atom. The number of hydrogen-bond donors (Lipinski definition) is 0. The van der Waals surface area contributed by atoms with E-state index in [9.17, 15) is 9.59 Å². The van der Waals surface area contributed by atoms with Gasteiger partial charge in [-0.1, -0.05) is 28.9 Å². The number of rotatable bonds is 4. The van der Waals surface area contributed by atoms with Crippen molar-refractivity contribution in [3.05, 3.63) is 57.3 Å². The van der Waals surface area contributed by atoms with Crippen molar-refractivity contribution in [2.45, 2.75) is 27.3 Å². The van der Waals surface area contributed by atoms with Crippen LogP contribution in [-0.4, -0.2) is 27.3 Å². The Hall–Kier alpha value is -2.96. The number of hydrogen-bond acceptors (Lipinski definition) is 6. The van der Waals surface area contributed by atoms with Gasteiger partial charge in [-0.2, -0.15) is 0 Å². The molecule has 0 fully saturated rings. The van der Waals surface area contributed by atoms with Crippen molar-refractivity contribution < 1.29 is 14.1 Å². The van der Waals surface area contributed by atoms with E-state index in [1.807, 2.05) is 32.0 Å². The first-order valence-electron chi connectivity index (χ1n) is 7.59. The first-order valence-corrected chi connectivity index (χ1v) is 7.59. The number of ether oxygens (including phenoxy) is 1. The van der Waals surface area contributed by atoms with Crippen molar-refractivity contribution in [1.82, 2.24) is 14.7 Å². The molecule has 0 saturated carbocycles. The number of fused-ring (bicyclic) bond motifs is 1. The van der Waals surface area contributed by atoms with E-state index in [0.29, 0.717) is 6.54 Å². The van der Waals surface area contributed by atoms with Crippen LogP contribution in [0.5, 0.6) is 0 Å². The molecule has 0 unspecified atom stereocenters. The zero-order valence-electron chi connectivity index (χ0n) is 13.7. The van der Waals surface area contributed by atoms with Gasteiger partial charge in [0.2, 0.25) is 5.69 Å². The smallest absolute Gasteiger partial charge is 0.361 e. The zero-order valence-corrected chi connectivity index (χ0v) is 13.7. The summed E-state index contributed by atoms with van der Waals surface area (Å²) in [6, 6.07) is 6.04. The molecule has 0 spiro atoms. The lowest BCUT2D eigenvalue weighted by Crippen LogP contribution is -2.23. The first kappa shape index (κ1) is 15.9. The third-order valence-electron chi connectivity index (χ3n) is 3.78. The van der Waals surface area contributed by atoms with Crippen LogP contribution in [0.2, 0.25) is 0 Å². The molecule has 0 atom stereocenters. The van der Waals surface area contributed by atoms with Gasteiger partial charge in [-0.15, -0.1) is 0 Å². The molecule has 3 aromatic rings. The molecular formula is C17H17N3O4. The van der Waals surface area contributed by atoms with Crippen LogP contribution < -0.4 is 5.56 Å². The predicted molar refractivity (Wildman–Crippen MR) is 87.0 cm³/mol. The Balaban J connectivity index is 2.08. The minimum absolute atomic E-state index is 0.0280. The number of aryl methyl sites for hydroxylation is 2. The van der Waals surface area contributed by atoms with Gasteiger partial charge in [0.1, 0.15) is 11.7 Å². The Bertz CT molecular complexity index is 972. The molecule has 0 aliphatic heterocycles. The van der Waals surface area contributed by atoms with Crippen molar-refractivity contribution >= 4 is 17.1 Å². The molecule has 2 aromatic heterocycles. The molecule has 7 nitrogen and oxygen atoms in total. The summed E-state index contributed by atoms with van der Waals surface area (Å²) in [7, 11) is 0. The molecule has 124 valence electrons. The van der Waals surface area contributed by atoms with Crippen molar-refractivity contribution in [2.24, 2.45) is 0 Å². The van der Waals surface area contributed by atoms with E-state index in [1.165, 1.54) is 10.9 Å². The maximum atomic E-state index is 12.7. The molecule has 7 heteroatoms. The Labute approximate surface area is 137 Å². The molecule has 0 saturated heterocycles. The van der Waals surface area contributed by atoms with Crippen LogP contribution in [0.4, 0.5) is 0 Å². The standard InChI is InChI=1S/C17H17N3O4/c1-4-23-17(22)14-13-15(24-19-14)18-9-20(16(13)21)8-12-7-10(2)5-6-11(12)3/h5-7,9H,4,8H2,1-3H3. The van der Waals surface area contributed by atoms with Gasteiger partial charge in [0.25, 0.3) is 11.3 Å². The fraction of sp³-hybridized carbons (Fsp3) is 0.294. The van der Waals surface area contributed by atoms with Crippen molar-refractivity contribution in [3.63, 3.8) is 0 Å². The Morgan fingerprint density at radius 3 is 2.88 bits per heavy atom. The average molecular weight is 327 g/mol. The van der Waals surface area contributed by atoms with Gasteiger partial charge in [-0.25, -0.2) is 9.78 Å². The topological polar surface area (TPSA) is 87.2 Å². The van der Waals surface area contributed by atoms with E-state index >= 15 is 0 Å². The predicted octanol–water partition coefficient (Wildman–Crippen LogP) is 2.23. The van der Waals surface area contributed by atoms with Gasteiger partial charge in [0, 0.05) is 0 Å². The number of aromatic nitrogens is 3. The molecule has 3 rings (SSSR count). The molecular weight excluding hydrogens is 310 g/mol. The molecule has 0 radical (unpaired) electrons. The molecule has 1 aromatic carbocycles. The van der Waals surface area contributed by atoms with Gasteiger partial charge >= 0.3 is 5.97 Å². The highest BCUT2D eigenvalue weighted by molar-refractivity contribution is 5.99. The number of esters is 1. The zero-order chi connectivity index (χ0) is 17.3. The summed E-state index contributed by atoms with van der Waals surface area (Å²) in [6.45, 7) is 6.19. The lowest BCUT2D eigenvalue weighted by Gasteiger charge is -2.09. The summed E-state index contributed by atoms with van der Waals surface area (Å²) in [5.41, 5.74) is 2.69. The minimum atomic E-state index is -0.695. The summed E-state index contributed by atoms with van der Waals surface area (Å²) in [4.78, 5) is 28.7. The molecule has 0 amide bonds. The van der Waals surface area contributed by atoms with E-state index in [1.54, 1.807) is 6.92 Å². The summed E-state index contributed by atoms with van der Waals surface area (Å²) < 4.78 is 11.3. The van der Waals surface area contributed by atoms with E-state index < -0.39 is 5.97 Å². The normalized spacial score (nSPS) is 11.0. The van der Waals surface area contributed by atoms with E-state index in [2.05, 4.69) is 10.1 Å². The van der Waals surface area contributed by atoms with Crippen LogP contribution in [0, 0.1) is 13.8 Å². The van der Waals surface area contributed by atoms with Crippen LogP contribution in [0.15, 0.2) is 33.8 Å². The summed E-state index contributed by atoms with van der Waals surface area (Å²) in [5.74, 6) is -0.695. The number of benzene rings is 1. The van der Waals surface area contributed by atoms with E-state index in [4.69, 9.17) is 9.26 Å². The summed E-state index contributed by atoms with van der Waals surface area (Å²) in [6.07, 6.45) is 1.40. The van der Waals surface area contributed by atoms with Crippen LogP contribution in [-0.2, 0) is 11.3 Å². The second-order valence-corrected chi connectivity index (χ2v) is 5.54. The lowest BCUT2D eigenvalue weighted by molar-refractivity contribution is 0.0516. The number of carbonyl (C=O) groups is 1. The largest absolute Gasteiger partial charge is 0.461 e. The second kappa shape index (κ2) is 6.27. The maximum Gasteiger partial charge on any atom is 0.361 e. The maximum absolute atomic E-state index is 12.7. The number of nitrogens with zero attached hydrogens (tertiary/aromatic N) is 3. The molecule has 0 aliphatic rings. The second-order valence-electron chi connectivity index (χ2n) is 5.54. The van der Waals surface area contributed by atoms with Crippen molar-refractivity contribution in [1.29, 1.82) is 0 Å². The molecule has 0 aliphatic carbocycles. The molecule has 0 N–H and O–H groups in total. The quantitative estimate of drug-likeness (QED) is 0.683. The monoisotopic (exact) mass is 327 g/mol.